The van der Waals surface area contributed by atoms with E-state index in [0.717, 1.165) is 0 Å². The van der Waals surface area contributed by atoms with E-state index < -0.39 is 27.5 Å². The van der Waals surface area contributed by atoms with Crippen LogP contribution in [-0.2, 0) is 26.0 Å². The minimum absolute atomic E-state index is 0.0726. The third kappa shape index (κ3) is 3.57. The van der Waals surface area contributed by atoms with Crippen molar-refractivity contribution in [3.63, 3.8) is 0 Å². The van der Waals surface area contributed by atoms with Gasteiger partial charge in [-0.25, -0.2) is 18.4 Å². The third-order valence-electron chi connectivity index (χ3n) is 4.06. The molecule has 2 aromatic carbocycles. The molecule has 0 saturated carbocycles. The summed E-state index contributed by atoms with van der Waals surface area (Å²) in [4.78, 5) is 24.8. The molecule has 3 N–H and O–H groups in total. The molecule has 1 heterocycles. The molecule has 3 rings (SSSR count). The van der Waals surface area contributed by atoms with Crippen molar-refractivity contribution in [2.75, 3.05) is 5.32 Å². The number of nitrogens with two attached hydrogens (primary N) is 1. The molecule has 26 heavy (non-hydrogen) atoms. The van der Waals surface area contributed by atoms with Crippen molar-refractivity contribution in [1.29, 1.82) is 0 Å². The Morgan fingerprint density at radius 3 is 2.50 bits per heavy atom. The van der Waals surface area contributed by atoms with Crippen LogP contribution >= 0.6 is 11.6 Å². The Hall–Kier alpha value is -2.42. The maximum atomic E-state index is 12.6. The van der Waals surface area contributed by atoms with Crippen molar-refractivity contribution in [2.45, 2.75) is 23.8 Å². The quantitative estimate of drug-likeness (QED) is 0.773. The summed E-state index contributed by atoms with van der Waals surface area (Å²) in [5.74, 6) is -1.16. The van der Waals surface area contributed by atoms with Crippen molar-refractivity contribution < 1.29 is 22.7 Å². The minimum Gasteiger partial charge on any atom is -0.445 e. The summed E-state index contributed by atoms with van der Waals surface area (Å²) in [6, 6.07) is 10.2. The third-order valence-corrected chi connectivity index (χ3v) is 5.22. The second-order valence-corrected chi connectivity index (χ2v) is 8.12. The Labute approximate surface area is 155 Å². The second kappa shape index (κ2) is 6.39. The molecule has 9 heteroatoms. The fourth-order valence-corrected chi connectivity index (χ4v) is 3.36. The highest BCUT2D eigenvalue weighted by Gasteiger charge is 2.42. The number of carbonyl (C=O) groups is 2. The van der Waals surface area contributed by atoms with Crippen LogP contribution in [0.25, 0.3) is 0 Å². The molecular weight excluding hydrogens is 380 g/mol. The number of amides is 1. The first kappa shape index (κ1) is 18.4. The standard InChI is InChI=1S/C17H15ClN2O5S/c1-17(9-10-2-3-11(18)8-14(10)15(21)25-17)16(22)20-12-4-6-13(7-5-12)26(19,23)24/h2-8H,9H2,1H3,(H,20,22)(H2,19,23,24)/t17-/m1/s1. The van der Waals surface area contributed by atoms with Crippen LogP contribution in [0.2, 0.25) is 5.02 Å². The summed E-state index contributed by atoms with van der Waals surface area (Å²) in [7, 11) is -3.82. The normalized spacial score (nSPS) is 19.4. The van der Waals surface area contributed by atoms with E-state index >= 15 is 0 Å². The molecule has 0 fully saturated rings. The maximum absolute atomic E-state index is 12.6. The number of fused-ring (bicyclic) bond motifs is 1. The van der Waals surface area contributed by atoms with Gasteiger partial charge in [-0.2, -0.15) is 0 Å². The lowest BCUT2D eigenvalue weighted by atomic mass is 9.89. The summed E-state index contributed by atoms with van der Waals surface area (Å²) in [5, 5.41) is 8.06. The monoisotopic (exact) mass is 394 g/mol. The van der Waals surface area contributed by atoms with Crippen LogP contribution in [0.4, 0.5) is 5.69 Å². The van der Waals surface area contributed by atoms with Gasteiger partial charge in [0.05, 0.1) is 10.5 Å². The lowest BCUT2D eigenvalue weighted by Crippen LogP contribution is -2.48. The molecule has 0 unspecified atom stereocenters. The van der Waals surface area contributed by atoms with Gasteiger partial charge in [-0.05, 0) is 48.9 Å². The minimum atomic E-state index is -3.82. The van der Waals surface area contributed by atoms with Gasteiger partial charge in [0.25, 0.3) is 5.91 Å². The summed E-state index contributed by atoms with van der Waals surface area (Å²) in [6.07, 6.45) is 0.187. The molecule has 1 amide bonds. The lowest BCUT2D eigenvalue weighted by Gasteiger charge is -2.33. The number of ether oxygens (including phenoxy) is 1. The van der Waals surface area contributed by atoms with E-state index in [1.54, 1.807) is 12.1 Å². The zero-order chi connectivity index (χ0) is 19.1. The number of carbonyl (C=O) groups excluding carboxylic acids is 2. The smallest absolute Gasteiger partial charge is 0.339 e. The largest absolute Gasteiger partial charge is 0.445 e. The Morgan fingerprint density at radius 2 is 1.88 bits per heavy atom. The van der Waals surface area contributed by atoms with Gasteiger partial charge in [-0.1, -0.05) is 17.7 Å². The first-order valence-electron chi connectivity index (χ1n) is 7.55. The number of primary sulfonamides is 1. The zero-order valence-electron chi connectivity index (χ0n) is 13.7. The summed E-state index contributed by atoms with van der Waals surface area (Å²) in [5.41, 5.74) is -0.0639. The topological polar surface area (TPSA) is 116 Å². The second-order valence-electron chi connectivity index (χ2n) is 6.12. The number of benzene rings is 2. The summed E-state index contributed by atoms with van der Waals surface area (Å²) < 4.78 is 27.9. The average molecular weight is 395 g/mol. The van der Waals surface area contributed by atoms with Crippen LogP contribution in [0.5, 0.6) is 0 Å². The predicted octanol–water partition coefficient (Wildman–Crippen LogP) is 2.10. The maximum Gasteiger partial charge on any atom is 0.339 e. The molecule has 136 valence electrons. The number of sulfonamides is 1. The first-order valence-corrected chi connectivity index (χ1v) is 9.47. The number of rotatable bonds is 3. The van der Waals surface area contributed by atoms with Gasteiger partial charge >= 0.3 is 5.97 Å². The van der Waals surface area contributed by atoms with Crippen molar-refractivity contribution in [1.82, 2.24) is 0 Å². The molecular formula is C17H15ClN2O5S. The molecule has 0 aromatic heterocycles. The van der Waals surface area contributed by atoms with Gasteiger partial charge in [0.2, 0.25) is 10.0 Å². The van der Waals surface area contributed by atoms with Gasteiger partial charge < -0.3 is 10.1 Å². The number of cyclic esters (lactones) is 1. The molecule has 2 aromatic rings. The van der Waals surface area contributed by atoms with Gasteiger partial charge in [0, 0.05) is 17.1 Å². The number of esters is 1. The Balaban J connectivity index is 1.81. The number of halogens is 1. The molecule has 0 radical (unpaired) electrons. The van der Waals surface area contributed by atoms with Gasteiger partial charge in [0.15, 0.2) is 5.60 Å². The van der Waals surface area contributed by atoms with Crippen molar-refractivity contribution in [2.24, 2.45) is 5.14 Å². The Kier molecular flexibility index (Phi) is 4.51. The van der Waals surface area contributed by atoms with E-state index in [2.05, 4.69) is 5.32 Å². The molecule has 0 aliphatic carbocycles. The highest BCUT2D eigenvalue weighted by atomic mass is 35.5. The number of anilines is 1. The van der Waals surface area contributed by atoms with E-state index in [4.69, 9.17) is 21.5 Å². The first-order chi connectivity index (χ1) is 12.1. The molecule has 7 nitrogen and oxygen atoms in total. The highest BCUT2D eigenvalue weighted by molar-refractivity contribution is 7.89. The lowest BCUT2D eigenvalue weighted by molar-refractivity contribution is -0.134. The SMILES string of the molecule is C[C@]1(C(=O)Nc2ccc(S(N)(=O)=O)cc2)Cc2ccc(Cl)cc2C(=O)O1. The van der Waals surface area contributed by atoms with Gasteiger partial charge in [-0.3, -0.25) is 4.79 Å². The van der Waals surface area contributed by atoms with E-state index in [1.165, 1.54) is 37.3 Å². The fraction of sp³-hybridized carbons (Fsp3) is 0.176. The fourth-order valence-electron chi connectivity index (χ4n) is 2.67. The van der Waals surface area contributed by atoms with Crippen molar-refractivity contribution >= 4 is 39.2 Å². The molecule has 0 bridgehead atoms. The molecule has 0 spiro atoms. The summed E-state index contributed by atoms with van der Waals surface area (Å²) >= 11 is 5.89. The predicted molar refractivity (Wildman–Crippen MR) is 95.4 cm³/mol. The van der Waals surface area contributed by atoms with Crippen molar-refractivity contribution in [3.05, 3.63) is 58.6 Å². The molecule has 1 atom stereocenters. The van der Waals surface area contributed by atoms with Crippen molar-refractivity contribution in [3.8, 4) is 0 Å². The van der Waals surface area contributed by atoms with E-state index in [0.29, 0.717) is 21.8 Å². The number of hydrogen-bond donors (Lipinski definition) is 2. The molecule has 0 saturated heterocycles. The Bertz CT molecular complexity index is 1000. The van der Waals surface area contributed by atoms with E-state index in [9.17, 15) is 18.0 Å². The number of hydrogen-bond acceptors (Lipinski definition) is 5. The molecule has 1 aliphatic heterocycles. The molecule has 1 aliphatic rings. The summed E-state index contributed by atoms with van der Waals surface area (Å²) in [6.45, 7) is 1.51. The van der Waals surface area contributed by atoms with Crippen LogP contribution in [0.15, 0.2) is 47.4 Å². The van der Waals surface area contributed by atoms with Crippen LogP contribution in [0.3, 0.4) is 0 Å². The van der Waals surface area contributed by atoms with E-state index in [1.807, 2.05) is 0 Å². The number of nitrogens with one attached hydrogen (secondary N) is 1. The van der Waals surface area contributed by atoms with Crippen LogP contribution in [-0.4, -0.2) is 25.9 Å². The highest BCUT2D eigenvalue weighted by Crippen LogP contribution is 2.31. The van der Waals surface area contributed by atoms with E-state index in [-0.39, 0.29) is 11.3 Å². The van der Waals surface area contributed by atoms with Crippen LogP contribution in [0.1, 0.15) is 22.8 Å². The average Bonchev–Trinajstić information content (AvgIpc) is 2.55. The van der Waals surface area contributed by atoms with Crippen LogP contribution < -0.4 is 10.5 Å². The zero-order valence-corrected chi connectivity index (χ0v) is 15.2. The van der Waals surface area contributed by atoms with Crippen LogP contribution in [0, 0.1) is 0 Å². The van der Waals surface area contributed by atoms with Gasteiger partial charge in [0.1, 0.15) is 0 Å². The van der Waals surface area contributed by atoms with Gasteiger partial charge in [-0.15, -0.1) is 0 Å². The Morgan fingerprint density at radius 1 is 1.23 bits per heavy atom.